The first-order valence-corrected chi connectivity index (χ1v) is 8.68. The fraction of sp³-hybridized carbons (Fsp3) is 0.350. The molecule has 2 aromatic rings. The summed E-state index contributed by atoms with van der Waals surface area (Å²) in [5.41, 5.74) is 1.84. The summed E-state index contributed by atoms with van der Waals surface area (Å²) in [4.78, 5) is 14.2. The number of hydrogen-bond acceptors (Lipinski definition) is 5. The zero-order chi connectivity index (χ0) is 18.4. The predicted molar refractivity (Wildman–Crippen MR) is 100.0 cm³/mol. The van der Waals surface area contributed by atoms with Gasteiger partial charge in [0.2, 0.25) is 12.7 Å². The summed E-state index contributed by atoms with van der Waals surface area (Å²) in [6, 6.07) is 13.3. The number of hydrogen-bond donors (Lipinski definition) is 1. The van der Waals surface area contributed by atoms with E-state index in [4.69, 9.17) is 14.2 Å². The molecule has 1 heterocycles. The Balaban J connectivity index is 1.36. The maximum Gasteiger partial charge on any atom is 0.231 e. The van der Waals surface area contributed by atoms with Gasteiger partial charge in [0.05, 0.1) is 0 Å². The number of likely N-dealkylation sites (N-methyl/N-ethyl adjacent to an activating group) is 1. The fourth-order valence-electron chi connectivity index (χ4n) is 2.63. The van der Waals surface area contributed by atoms with Gasteiger partial charge in [-0.3, -0.25) is 4.79 Å². The highest BCUT2D eigenvalue weighted by Crippen LogP contribution is 2.34. The van der Waals surface area contributed by atoms with Crippen LogP contribution in [0, 0.1) is 6.92 Å². The molecule has 1 aliphatic rings. The van der Waals surface area contributed by atoms with Crippen molar-refractivity contribution in [3.63, 3.8) is 0 Å². The average molecular weight is 356 g/mol. The summed E-state index contributed by atoms with van der Waals surface area (Å²) in [7, 11) is 1.98. The predicted octanol–water partition coefficient (Wildman–Crippen LogP) is 3.06. The van der Waals surface area contributed by atoms with E-state index in [0.717, 1.165) is 17.9 Å². The Morgan fingerprint density at radius 2 is 1.96 bits per heavy atom. The van der Waals surface area contributed by atoms with Gasteiger partial charge in [-0.05, 0) is 37.7 Å². The van der Waals surface area contributed by atoms with E-state index in [2.05, 4.69) is 10.2 Å². The molecule has 0 unspecified atom stereocenters. The van der Waals surface area contributed by atoms with Gasteiger partial charge in [-0.2, -0.15) is 0 Å². The summed E-state index contributed by atoms with van der Waals surface area (Å²) in [5, 5.41) is 2.88. The third-order valence-corrected chi connectivity index (χ3v) is 4.20. The summed E-state index contributed by atoms with van der Waals surface area (Å²) in [6.45, 7) is 4.26. The molecule has 1 N–H and O–H groups in total. The first kappa shape index (κ1) is 18.1. The second-order valence-corrected chi connectivity index (χ2v) is 6.28. The molecule has 0 radical (unpaired) electrons. The molecule has 0 bridgehead atoms. The number of amides is 1. The van der Waals surface area contributed by atoms with Crippen LogP contribution >= 0.6 is 0 Å². The van der Waals surface area contributed by atoms with Gasteiger partial charge in [-0.15, -0.1) is 0 Å². The molecule has 0 fully saturated rings. The van der Waals surface area contributed by atoms with Crippen molar-refractivity contribution in [1.29, 1.82) is 0 Å². The number of nitrogens with zero attached hydrogens (tertiary/aromatic N) is 1. The highest BCUT2D eigenvalue weighted by Gasteiger charge is 2.14. The van der Waals surface area contributed by atoms with Gasteiger partial charge in [-0.1, -0.05) is 18.2 Å². The Kier molecular flexibility index (Phi) is 5.96. The maximum absolute atomic E-state index is 12.1. The molecule has 0 saturated carbocycles. The molecule has 0 aliphatic carbocycles. The van der Waals surface area contributed by atoms with E-state index in [-0.39, 0.29) is 12.7 Å². The van der Waals surface area contributed by atoms with Crippen molar-refractivity contribution >= 4 is 11.6 Å². The van der Waals surface area contributed by atoms with Crippen molar-refractivity contribution in [2.24, 2.45) is 0 Å². The van der Waals surface area contributed by atoms with E-state index >= 15 is 0 Å². The zero-order valence-corrected chi connectivity index (χ0v) is 15.2. The van der Waals surface area contributed by atoms with Gasteiger partial charge in [-0.25, -0.2) is 0 Å². The fourth-order valence-corrected chi connectivity index (χ4v) is 2.63. The van der Waals surface area contributed by atoms with Gasteiger partial charge < -0.3 is 24.4 Å². The SMILES string of the molecule is Cc1ccccc1OCCN(C)CCC(=O)Nc1ccc2c(c1)OCO2. The molecule has 6 heteroatoms. The number of rotatable bonds is 8. The Labute approximate surface area is 153 Å². The summed E-state index contributed by atoms with van der Waals surface area (Å²) >= 11 is 0. The molecule has 2 aromatic carbocycles. The van der Waals surface area contributed by atoms with E-state index in [1.54, 1.807) is 12.1 Å². The van der Waals surface area contributed by atoms with Crippen molar-refractivity contribution in [2.75, 3.05) is 38.9 Å². The lowest BCUT2D eigenvalue weighted by molar-refractivity contribution is -0.116. The van der Waals surface area contributed by atoms with Crippen LogP contribution in [0.4, 0.5) is 5.69 Å². The van der Waals surface area contributed by atoms with Gasteiger partial charge in [0.25, 0.3) is 0 Å². The van der Waals surface area contributed by atoms with Crippen LogP contribution in [-0.2, 0) is 4.79 Å². The van der Waals surface area contributed by atoms with Gasteiger partial charge in [0, 0.05) is 31.3 Å². The highest BCUT2D eigenvalue weighted by molar-refractivity contribution is 5.91. The molecule has 0 aromatic heterocycles. The Hall–Kier alpha value is -2.73. The van der Waals surface area contributed by atoms with Crippen molar-refractivity contribution < 1.29 is 19.0 Å². The van der Waals surface area contributed by atoms with Gasteiger partial charge in [0.15, 0.2) is 11.5 Å². The maximum atomic E-state index is 12.1. The van der Waals surface area contributed by atoms with Crippen LogP contribution in [0.2, 0.25) is 0 Å². The molecule has 0 spiro atoms. The molecule has 1 aliphatic heterocycles. The number of carbonyl (C=O) groups is 1. The van der Waals surface area contributed by atoms with Gasteiger partial charge >= 0.3 is 0 Å². The van der Waals surface area contributed by atoms with Crippen LogP contribution in [0.5, 0.6) is 17.2 Å². The Bertz CT molecular complexity index is 763. The number of benzene rings is 2. The molecule has 1 amide bonds. The molecule has 6 nitrogen and oxygen atoms in total. The first-order valence-electron chi connectivity index (χ1n) is 8.68. The zero-order valence-electron chi connectivity index (χ0n) is 15.2. The number of para-hydroxylation sites is 1. The minimum atomic E-state index is -0.0319. The van der Waals surface area contributed by atoms with Crippen LogP contribution < -0.4 is 19.5 Å². The molecule has 0 saturated heterocycles. The van der Waals surface area contributed by atoms with Crippen LogP contribution in [0.1, 0.15) is 12.0 Å². The minimum absolute atomic E-state index is 0.0319. The lowest BCUT2D eigenvalue weighted by Crippen LogP contribution is -2.28. The average Bonchev–Trinajstić information content (AvgIpc) is 3.09. The third kappa shape index (κ3) is 4.89. The number of anilines is 1. The van der Waals surface area contributed by atoms with E-state index in [0.29, 0.717) is 36.8 Å². The normalized spacial score (nSPS) is 12.3. The molecule has 0 atom stereocenters. The van der Waals surface area contributed by atoms with Crippen LogP contribution in [0.15, 0.2) is 42.5 Å². The topological polar surface area (TPSA) is 60.0 Å². The molecule has 3 rings (SSSR count). The van der Waals surface area contributed by atoms with E-state index in [1.165, 1.54) is 0 Å². The number of nitrogens with one attached hydrogen (secondary N) is 1. The molecular weight excluding hydrogens is 332 g/mol. The van der Waals surface area contributed by atoms with Crippen LogP contribution in [-0.4, -0.2) is 44.3 Å². The number of fused-ring (bicyclic) bond motifs is 1. The summed E-state index contributed by atoms with van der Waals surface area (Å²) in [6.07, 6.45) is 0.412. The Morgan fingerprint density at radius 3 is 2.81 bits per heavy atom. The van der Waals surface area contributed by atoms with Crippen molar-refractivity contribution in [3.05, 3.63) is 48.0 Å². The van der Waals surface area contributed by atoms with Crippen molar-refractivity contribution in [2.45, 2.75) is 13.3 Å². The molecule has 26 heavy (non-hydrogen) atoms. The number of carbonyl (C=O) groups excluding carboxylic acids is 1. The van der Waals surface area contributed by atoms with E-state index in [1.807, 2.05) is 44.3 Å². The molecule has 138 valence electrons. The third-order valence-electron chi connectivity index (χ3n) is 4.20. The Morgan fingerprint density at radius 1 is 1.15 bits per heavy atom. The lowest BCUT2D eigenvalue weighted by atomic mass is 10.2. The lowest BCUT2D eigenvalue weighted by Gasteiger charge is -2.17. The highest BCUT2D eigenvalue weighted by atomic mass is 16.7. The largest absolute Gasteiger partial charge is 0.492 e. The number of ether oxygens (including phenoxy) is 3. The second kappa shape index (κ2) is 8.58. The minimum Gasteiger partial charge on any atom is -0.492 e. The van der Waals surface area contributed by atoms with E-state index < -0.39 is 0 Å². The van der Waals surface area contributed by atoms with Crippen molar-refractivity contribution in [3.8, 4) is 17.2 Å². The monoisotopic (exact) mass is 356 g/mol. The van der Waals surface area contributed by atoms with Gasteiger partial charge in [0.1, 0.15) is 12.4 Å². The van der Waals surface area contributed by atoms with Crippen LogP contribution in [0.25, 0.3) is 0 Å². The number of aryl methyl sites for hydroxylation is 1. The summed E-state index contributed by atoms with van der Waals surface area (Å²) in [5.74, 6) is 2.24. The van der Waals surface area contributed by atoms with E-state index in [9.17, 15) is 4.79 Å². The summed E-state index contributed by atoms with van der Waals surface area (Å²) < 4.78 is 16.4. The first-order chi connectivity index (χ1) is 12.6. The van der Waals surface area contributed by atoms with Crippen molar-refractivity contribution in [1.82, 2.24) is 4.90 Å². The van der Waals surface area contributed by atoms with Crippen LogP contribution in [0.3, 0.4) is 0 Å². The smallest absolute Gasteiger partial charge is 0.231 e. The molecular formula is C20H24N2O4. The second-order valence-electron chi connectivity index (χ2n) is 6.28. The quantitative estimate of drug-likeness (QED) is 0.788. The standard InChI is InChI=1S/C20H24N2O4/c1-15-5-3-4-6-17(15)24-12-11-22(2)10-9-20(23)21-16-7-8-18-19(13-16)26-14-25-18/h3-8,13H,9-12,14H2,1-2H3,(H,21,23).